The number of fused-ring (bicyclic) bond motifs is 1. The van der Waals surface area contributed by atoms with Gasteiger partial charge in [-0.25, -0.2) is 4.39 Å². The van der Waals surface area contributed by atoms with Crippen LogP contribution in [0.3, 0.4) is 0 Å². The van der Waals surface area contributed by atoms with Crippen molar-refractivity contribution in [3.05, 3.63) is 42.2 Å². The first-order chi connectivity index (χ1) is 7.18. The molecular weight excluding hydrogens is 190 g/mol. The van der Waals surface area contributed by atoms with E-state index in [1.165, 1.54) is 6.07 Å². The lowest BCUT2D eigenvalue weighted by Gasteiger charge is -2.12. The van der Waals surface area contributed by atoms with Gasteiger partial charge < -0.3 is 4.74 Å². The van der Waals surface area contributed by atoms with Crippen LogP contribution in [0.1, 0.15) is 13.8 Å². The smallest absolute Gasteiger partial charge is 0.131 e. The molecule has 0 atom stereocenters. The van der Waals surface area contributed by atoms with Crippen LogP contribution in [0.25, 0.3) is 10.8 Å². The monoisotopic (exact) mass is 203 g/mol. The van der Waals surface area contributed by atoms with Gasteiger partial charge in [0, 0.05) is 10.8 Å². The standard InChI is InChI=1S/C13H13FO/c1-9(2)15-13-8-7-12(14)10-5-3-4-6-11(10)13/h3-9H,1-2H3/i14-1. The maximum atomic E-state index is 13.4. The maximum absolute atomic E-state index is 13.4. The van der Waals surface area contributed by atoms with Crippen LogP contribution in [0.4, 0.5) is 4.39 Å². The van der Waals surface area contributed by atoms with E-state index in [1.807, 2.05) is 32.0 Å². The normalized spacial score (nSPS) is 10.9. The first-order valence-electron chi connectivity index (χ1n) is 5.02. The number of halogens is 1. The zero-order valence-electron chi connectivity index (χ0n) is 8.83. The van der Waals surface area contributed by atoms with Gasteiger partial charge in [-0.3, -0.25) is 0 Å². The molecule has 78 valence electrons. The highest BCUT2D eigenvalue weighted by atomic mass is 18.2. The van der Waals surface area contributed by atoms with Gasteiger partial charge in [-0.2, -0.15) is 0 Å². The summed E-state index contributed by atoms with van der Waals surface area (Å²) in [5.74, 6) is 0.531. The summed E-state index contributed by atoms with van der Waals surface area (Å²) < 4.78 is 19.1. The highest BCUT2D eigenvalue weighted by Gasteiger charge is 2.06. The molecule has 2 aromatic rings. The van der Waals surface area contributed by atoms with Gasteiger partial charge in [0.15, 0.2) is 0 Å². The van der Waals surface area contributed by atoms with E-state index in [4.69, 9.17) is 4.74 Å². The second-order valence-corrected chi connectivity index (χ2v) is 3.76. The molecule has 2 rings (SSSR count). The molecule has 0 bridgehead atoms. The first-order valence-corrected chi connectivity index (χ1v) is 5.02. The Morgan fingerprint density at radius 2 is 1.67 bits per heavy atom. The average molecular weight is 203 g/mol. The van der Waals surface area contributed by atoms with Crippen LogP contribution in [-0.2, 0) is 0 Å². The van der Waals surface area contributed by atoms with E-state index in [2.05, 4.69) is 0 Å². The number of hydrogen-bond acceptors (Lipinski definition) is 1. The average Bonchev–Trinajstić information content (AvgIpc) is 2.22. The van der Waals surface area contributed by atoms with E-state index in [9.17, 15) is 4.39 Å². The van der Waals surface area contributed by atoms with Gasteiger partial charge in [-0.15, -0.1) is 0 Å². The molecule has 0 aromatic heterocycles. The zero-order valence-corrected chi connectivity index (χ0v) is 8.83. The summed E-state index contributed by atoms with van der Waals surface area (Å²) in [6.07, 6.45) is 0.0962. The van der Waals surface area contributed by atoms with Gasteiger partial charge >= 0.3 is 0 Å². The molecule has 0 saturated carbocycles. The van der Waals surface area contributed by atoms with Gasteiger partial charge in [0.05, 0.1) is 6.10 Å². The summed E-state index contributed by atoms with van der Waals surface area (Å²) in [5, 5.41) is 1.43. The molecule has 0 unspecified atom stereocenters. The molecule has 0 aliphatic carbocycles. The van der Waals surface area contributed by atoms with Gasteiger partial charge in [0.2, 0.25) is 0 Å². The Morgan fingerprint density at radius 3 is 2.33 bits per heavy atom. The molecule has 0 amide bonds. The molecule has 0 fully saturated rings. The highest BCUT2D eigenvalue weighted by Crippen LogP contribution is 2.28. The molecule has 2 aromatic carbocycles. The highest BCUT2D eigenvalue weighted by molar-refractivity contribution is 5.88. The van der Waals surface area contributed by atoms with Gasteiger partial charge in [0.25, 0.3) is 0 Å². The molecule has 15 heavy (non-hydrogen) atoms. The van der Waals surface area contributed by atoms with E-state index < -0.39 is 0 Å². The Balaban J connectivity index is 2.61. The van der Waals surface area contributed by atoms with Crippen LogP contribution in [0.2, 0.25) is 0 Å². The number of ether oxygens (including phenoxy) is 1. The van der Waals surface area contributed by atoms with Crippen molar-refractivity contribution in [3.63, 3.8) is 0 Å². The van der Waals surface area contributed by atoms with Crippen molar-refractivity contribution in [2.75, 3.05) is 0 Å². The van der Waals surface area contributed by atoms with Crippen molar-refractivity contribution in [2.45, 2.75) is 20.0 Å². The Hall–Kier alpha value is -1.57. The Bertz CT molecular complexity index is 477. The minimum atomic E-state index is -0.207. The minimum Gasteiger partial charge on any atom is -0.490 e. The Labute approximate surface area is 88.5 Å². The van der Waals surface area contributed by atoms with Gasteiger partial charge in [0.1, 0.15) is 11.6 Å². The van der Waals surface area contributed by atoms with E-state index in [-0.39, 0.29) is 11.9 Å². The molecule has 0 aliphatic rings. The molecule has 0 saturated heterocycles. The molecule has 0 N–H and O–H groups in total. The lowest BCUT2D eigenvalue weighted by molar-refractivity contribution is 0.245. The second kappa shape index (κ2) is 3.89. The van der Waals surface area contributed by atoms with E-state index in [0.717, 1.165) is 11.1 Å². The molecular formula is C13H13FO. The third-order valence-electron chi connectivity index (χ3n) is 2.19. The van der Waals surface area contributed by atoms with Crippen LogP contribution in [0.15, 0.2) is 36.4 Å². The summed E-state index contributed by atoms with van der Waals surface area (Å²) in [5.41, 5.74) is 0. The number of hydrogen-bond donors (Lipinski definition) is 0. The minimum absolute atomic E-state index is 0.0962. The largest absolute Gasteiger partial charge is 0.490 e. The fraction of sp³-hybridized carbons (Fsp3) is 0.231. The summed E-state index contributed by atoms with van der Waals surface area (Å²) in [7, 11) is 0. The van der Waals surface area contributed by atoms with E-state index in [1.54, 1.807) is 12.1 Å². The van der Waals surface area contributed by atoms with Crippen LogP contribution in [-0.4, -0.2) is 6.10 Å². The van der Waals surface area contributed by atoms with Crippen molar-refractivity contribution in [1.29, 1.82) is 0 Å². The first kappa shape index (κ1) is 9.97. The lowest BCUT2D eigenvalue weighted by Crippen LogP contribution is -2.05. The van der Waals surface area contributed by atoms with Crippen LogP contribution in [0, 0.1) is 5.82 Å². The summed E-state index contributed by atoms with van der Waals surface area (Å²) in [6, 6.07) is 10.5. The SMILES string of the molecule is CC(C)Oc1ccc([18F])c2ccccc12. The molecule has 0 spiro atoms. The molecule has 0 heterocycles. The molecule has 0 radical (unpaired) electrons. The summed E-state index contributed by atoms with van der Waals surface area (Å²) >= 11 is 0. The molecule has 2 heteroatoms. The van der Waals surface area contributed by atoms with Crippen molar-refractivity contribution in [1.82, 2.24) is 0 Å². The quantitative estimate of drug-likeness (QED) is 0.722. The van der Waals surface area contributed by atoms with E-state index in [0.29, 0.717) is 5.39 Å². The van der Waals surface area contributed by atoms with Crippen LogP contribution >= 0.6 is 0 Å². The summed E-state index contributed by atoms with van der Waals surface area (Å²) in [6.45, 7) is 3.91. The fourth-order valence-corrected chi connectivity index (χ4v) is 1.59. The predicted molar refractivity (Wildman–Crippen MR) is 59.7 cm³/mol. The third-order valence-corrected chi connectivity index (χ3v) is 2.19. The topological polar surface area (TPSA) is 9.23 Å². The second-order valence-electron chi connectivity index (χ2n) is 3.76. The maximum Gasteiger partial charge on any atom is 0.131 e. The molecule has 1 nitrogen and oxygen atoms in total. The predicted octanol–water partition coefficient (Wildman–Crippen LogP) is 3.77. The van der Waals surface area contributed by atoms with Crippen molar-refractivity contribution in [2.24, 2.45) is 0 Å². The van der Waals surface area contributed by atoms with Gasteiger partial charge in [-0.05, 0) is 26.0 Å². The zero-order chi connectivity index (χ0) is 10.8. The van der Waals surface area contributed by atoms with Crippen LogP contribution < -0.4 is 4.74 Å². The van der Waals surface area contributed by atoms with Crippen molar-refractivity contribution >= 4 is 10.8 Å². The molecule has 0 aliphatic heterocycles. The number of rotatable bonds is 2. The lowest BCUT2D eigenvalue weighted by atomic mass is 10.1. The van der Waals surface area contributed by atoms with E-state index >= 15 is 0 Å². The van der Waals surface area contributed by atoms with Crippen molar-refractivity contribution in [3.8, 4) is 5.75 Å². The van der Waals surface area contributed by atoms with Crippen molar-refractivity contribution < 1.29 is 9.13 Å². The third kappa shape index (κ3) is 1.94. The van der Waals surface area contributed by atoms with Crippen LogP contribution in [0.5, 0.6) is 5.75 Å². The van der Waals surface area contributed by atoms with Gasteiger partial charge in [-0.1, -0.05) is 24.3 Å². The Morgan fingerprint density at radius 1 is 1.00 bits per heavy atom. The number of benzene rings is 2. The fourth-order valence-electron chi connectivity index (χ4n) is 1.59. The Kier molecular flexibility index (Phi) is 2.58. The summed E-state index contributed by atoms with van der Waals surface area (Å²) in [4.78, 5) is 0.